The van der Waals surface area contributed by atoms with E-state index in [0.29, 0.717) is 0 Å². The fourth-order valence-electron chi connectivity index (χ4n) is 1.37. The predicted octanol–water partition coefficient (Wildman–Crippen LogP) is 5.43. The highest BCUT2D eigenvalue weighted by molar-refractivity contribution is 4.85. The normalized spacial score (nSPS) is 11.5. The van der Waals surface area contributed by atoms with E-state index < -0.39 is 0 Å². The van der Waals surface area contributed by atoms with Crippen molar-refractivity contribution in [3.8, 4) is 0 Å². The monoisotopic (exact) mass is 206 g/mol. The van der Waals surface area contributed by atoms with Gasteiger partial charge in [-0.3, -0.25) is 0 Å². The second-order valence-electron chi connectivity index (χ2n) is 3.88. The summed E-state index contributed by atoms with van der Waals surface area (Å²) in [6.07, 6.45) is 21.1. The summed E-state index contributed by atoms with van der Waals surface area (Å²) in [4.78, 5) is 0. The Labute approximate surface area is 95.8 Å². The maximum Gasteiger partial charge on any atom is -0.0348 e. The summed E-state index contributed by atoms with van der Waals surface area (Å²) in [7, 11) is 0. The van der Waals surface area contributed by atoms with Crippen molar-refractivity contribution in [1.82, 2.24) is 0 Å². The highest BCUT2D eigenvalue weighted by atomic mass is 13.9. The summed E-state index contributed by atoms with van der Waals surface area (Å²) < 4.78 is 0. The minimum absolute atomic E-state index is 1.14. The molecule has 0 spiro atoms. The van der Waals surface area contributed by atoms with Crippen molar-refractivity contribution in [2.24, 2.45) is 0 Å². The third kappa shape index (κ3) is 13.2. The topological polar surface area (TPSA) is 0 Å². The van der Waals surface area contributed by atoms with Gasteiger partial charge >= 0.3 is 0 Å². The van der Waals surface area contributed by atoms with Crippen LogP contribution in [0.5, 0.6) is 0 Å². The van der Waals surface area contributed by atoms with Crippen molar-refractivity contribution >= 4 is 0 Å². The molecule has 0 rings (SSSR count). The molecule has 0 heteroatoms. The number of hydrogen-bond donors (Lipinski definition) is 0. The molecule has 0 aliphatic carbocycles. The summed E-state index contributed by atoms with van der Waals surface area (Å²) in [6, 6.07) is 0. The molecule has 0 bridgehead atoms. The standard InChI is InChI=1S/C15H26/c1-3-5-7-9-11-13-15-14-12-10-8-6-4-2/h3,8,10-11,13H,1,4-7,9,12,14-15H2,2H3. The maximum atomic E-state index is 3.71. The molecular formula is C15H26. The zero-order valence-corrected chi connectivity index (χ0v) is 10.3. The first-order chi connectivity index (χ1) is 7.41. The molecule has 0 amide bonds. The van der Waals surface area contributed by atoms with Gasteiger partial charge in [-0.05, 0) is 44.9 Å². The molecule has 86 valence electrons. The fraction of sp³-hybridized carbons (Fsp3) is 0.600. The average Bonchev–Trinajstić information content (AvgIpc) is 2.26. The molecule has 0 saturated heterocycles. The van der Waals surface area contributed by atoms with Crippen molar-refractivity contribution in [3.63, 3.8) is 0 Å². The smallest absolute Gasteiger partial charge is 0.0348 e. The van der Waals surface area contributed by atoms with Gasteiger partial charge in [-0.2, -0.15) is 0 Å². The summed E-state index contributed by atoms with van der Waals surface area (Å²) in [5, 5.41) is 0. The van der Waals surface area contributed by atoms with Gasteiger partial charge in [-0.15, -0.1) is 6.58 Å². The molecule has 0 atom stereocenters. The van der Waals surface area contributed by atoms with Crippen molar-refractivity contribution < 1.29 is 0 Å². The minimum atomic E-state index is 1.14. The van der Waals surface area contributed by atoms with E-state index in [1.807, 2.05) is 6.08 Å². The molecule has 0 aliphatic rings. The molecule has 0 saturated carbocycles. The van der Waals surface area contributed by atoms with Crippen molar-refractivity contribution in [2.75, 3.05) is 0 Å². The molecule has 0 fully saturated rings. The molecule has 0 heterocycles. The van der Waals surface area contributed by atoms with Crippen LogP contribution in [0.1, 0.15) is 58.3 Å². The Hall–Kier alpha value is -0.780. The van der Waals surface area contributed by atoms with Crippen LogP contribution in [0.3, 0.4) is 0 Å². The highest BCUT2D eigenvalue weighted by Crippen LogP contribution is 2.02. The molecule has 0 aromatic carbocycles. The van der Waals surface area contributed by atoms with Crippen LogP contribution in [0.15, 0.2) is 37.0 Å². The zero-order chi connectivity index (χ0) is 11.2. The van der Waals surface area contributed by atoms with Crippen LogP contribution in [0.2, 0.25) is 0 Å². The summed E-state index contributed by atoms with van der Waals surface area (Å²) in [5.41, 5.74) is 0. The Balaban J connectivity index is 3.12. The van der Waals surface area contributed by atoms with Crippen LogP contribution >= 0.6 is 0 Å². The molecule has 0 radical (unpaired) electrons. The predicted molar refractivity (Wildman–Crippen MR) is 71.1 cm³/mol. The molecule has 0 N–H and O–H groups in total. The lowest BCUT2D eigenvalue weighted by Gasteiger charge is -1.92. The van der Waals surface area contributed by atoms with Gasteiger partial charge in [0.05, 0.1) is 0 Å². The van der Waals surface area contributed by atoms with Crippen LogP contribution in [-0.2, 0) is 0 Å². The first kappa shape index (κ1) is 14.2. The Morgan fingerprint density at radius 2 is 1.20 bits per heavy atom. The third-order valence-corrected chi connectivity index (χ3v) is 2.31. The molecule has 0 aliphatic heterocycles. The first-order valence-electron chi connectivity index (χ1n) is 6.32. The highest BCUT2D eigenvalue weighted by Gasteiger charge is 1.82. The van der Waals surface area contributed by atoms with E-state index >= 15 is 0 Å². The van der Waals surface area contributed by atoms with Gasteiger partial charge in [0, 0.05) is 0 Å². The van der Waals surface area contributed by atoms with Crippen molar-refractivity contribution in [1.29, 1.82) is 0 Å². The van der Waals surface area contributed by atoms with Gasteiger partial charge in [0.15, 0.2) is 0 Å². The summed E-state index contributed by atoms with van der Waals surface area (Å²) in [5.74, 6) is 0. The number of rotatable bonds is 10. The lowest BCUT2D eigenvalue weighted by atomic mass is 10.1. The second kappa shape index (κ2) is 13.2. The van der Waals surface area contributed by atoms with Gasteiger partial charge in [0.1, 0.15) is 0 Å². The van der Waals surface area contributed by atoms with Gasteiger partial charge in [-0.1, -0.05) is 43.7 Å². The Morgan fingerprint density at radius 1 is 0.733 bits per heavy atom. The van der Waals surface area contributed by atoms with E-state index in [-0.39, 0.29) is 0 Å². The van der Waals surface area contributed by atoms with Gasteiger partial charge < -0.3 is 0 Å². The van der Waals surface area contributed by atoms with Gasteiger partial charge in [-0.25, -0.2) is 0 Å². The Morgan fingerprint density at radius 3 is 1.67 bits per heavy atom. The van der Waals surface area contributed by atoms with E-state index in [1.165, 1.54) is 44.9 Å². The van der Waals surface area contributed by atoms with Crippen molar-refractivity contribution in [2.45, 2.75) is 58.3 Å². The maximum absolute atomic E-state index is 3.71. The van der Waals surface area contributed by atoms with Gasteiger partial charge in [0.2, 0.25) is 0 Å². The zero-order valence-electron chi connectivity index (χ0n) is 10.3. The minimum Gasteiger partial charge on any atom is -0.103 e. The fourth-order valence-corrected chi connectivity index (χ4v) is 1.37. The van der Waals surface area contributed by atoms with Crippen LogP contribution < -0.4 is 0 Å². The molecular weight excluding hydrogens is 180 g/mol. The molecule has 0 aromatic heterocycles. The summed E-state index contributed by atoms with van der Waals surface area (Å²) >= 11 is 0. The molecule has 0 nitrogen and oxygen atoms in total. The lowest BCUT2D eigenvalue weighted by molar-refractivity contribution is 0.838. The summed E-state index contributed by atoms with van der Waals surface area (Å²) in [6.45, 7) is 5.93. The molecule has 0 unspecified atom stereocenters. The number of allylic oxidation sites excluding steroid dienone is 5. The number of unbranched alkanes of at least 4 members (excludes halogenated alkanes) is 5. The molecule has 15 heavy (non-hydrogen) atoms. The Bertz CT molecular complexity index is 174. The number of hydrogen-bond acceptors (Lipinski definition) is 0. The van der Waals surface area contributed by atoms with E-state index in [4.69, 9.17) is 0 Å². The first-order valence-corrected chi connectivity index (χ1v) is 6.32. The van der Waals surface area contributed by atoms with Gasteiger partial charge in [0.25, 0.3) is 0 Å². The van der Waals surface area contributed by atoms with E-state index in [9.17, 15) is 0 Å². The van der Waals surface area contributed by atoms with Crippen molar-refractivity contribution in [3.05, 3.63) is 37.0 Å². The van der Waals surface area contributed by atoms with E-state index in [2.05, 4.69) is 37.8 Å². The second-order valence-corrected chi connectivity index (χ2v) is 3.88. The SMILES string of the molecule is C=CCCCC=CCCCC=CCCC. The third-order valence-electron chi connectivity index (χ3n) is 2.31. The molecule has 0 aromatic rings. The Kier molecular flexibility index (Phi) is 12.5. The van der Waals surface area contributed by atoms with E-state index in [1.54, 1.807) is 0 Å². The lowest BCUT2D eigenvalue weighted by Crippen LogP contribution is -1.71. The van der Waals surface area contributed by atoms with Crippen LogP contribution in [0, 0.1) is 0 Å². The van der Waals surface area contributed by atoms with Crippen LogP contribution in [-0.4, -0.2) is 0 Å². The van der Waals surface area contributed by atoms with Crippen LogP contribution in [0.4, 0.5) is 0 Å². The quantitative estimate of drug-likeness (QED) is 0.330. The van der Waals surface area contributed by atoms with Crippen LogP contribution in [0.25, 0.3) is 0 Å². The van der Waals surface area contributed by atoms with E-state index in [0.717, 1.165) is 6.42 Å². The largest absolute Gasteiger partial charge is 0.103 e. The average molecular weight is 206 g/mol.